The number of rotatable bonds is 4. The van der Waals surface area contributed by atoms with E-state index in [0.717, 1.165) is 17.0 Å². The van der Waals surface area contributed by atoms with Gasteiger partial charge in [-0.05, 0) is 12.1 Å². The van der Waals surface area contributed by atoms with Gasteiger partial charge in [0, 0.05) is 18.3 Å². The molecule has 0 saturated heterocycles. The van der Waals surface area contributed by atoms with Crippen molar-refractivity contribution in [1.82, 2.24) is 9.97 Å². The van der Waals surface area contributed by atoms with Gasteiger partial charge < -0.3 is 14.2 Å². The van der Waals surface area contributed by atoms with E-state index in [-0.39, 0.29) is 0 Å². The van der Waals surface area contributed by atoms with Crippen LogP contribution in [0.4, 0.5) is 0 Å². The SMILES string of the molecule is COc1ccnc(-c2ccc(OC)nc2OC)c1. The molecule has 0 bridgehead atoms. The highest BCUT2D eigenvalue weighted by Crippen LogP contribution is 2.30. The molecule has 2 rings (SSSR count). The average molecular weight is 246 g/mol. The largest absolute Gasteiger partial charge is 0.497 e. The van der Waals surface area contributed by atoms with Crippen molar-refractivity contribution in [2.75, 3.05) is 21.3 Å². The summed E-state index contributed by atoms with van der Waals surface area (Å²) in [6.45, 7) is 0. The third-order valence-corrected chi connectivity index (χ3v) is 2.48. The number of hydrogen-bond acceptors (Lipinski definition) is 5. The molecule has 5 heteroatoms. The van der Waals surface area contributed by atoms with Gasteiger partial charge in [-0.15, -0.1) is 0 Å². The van der Waals surface area contributed by atoms with Gasteiger partial charge in [0.15, 0.2) is 0 Å². The predicted molar refractivity (Wildman–Crippen MR) is 67.1 cm³/mol. The molecule has 0 atom stereocenters. The molecule has 0 aliphatic carbocycles. The molecule has 0 saturated carbocycles. The van der Waals surface area contributed by atoms with Crippen molar-refractivity contribution in [3.63, 3.8) is 0 Å². The van der Waals surface area contributed by atoms with Gasteiger partial charge in [0.05, 0.1) is 32.6 Å². The van der Waals surface area contributed by atoms with E-state index in [9.17, 15) is 0 Å². The smallest absolute Gasteiger partial charge is 0.225 e. The minimum absolute atomic E-state index is 0.468. The minimum Gasteiger partial charge on any atom is -0.497 e. The normalized spacial score (nSPS) is 9.94. The van der Waals surface area contributed by atoms with Crippen LogP contribution in [0.3, 0.4) is 0 Å². The summed E-state index contributed by atoms with van der Waals surface area (Å²) in [6, 6.07) is 7.23. The lowest BCUT2D eigenvalue weighted by atomic mass is 10.2. The topological polar surface area (TPSA) is 53.5 Å². The monoisotopic (exact) mass is 246 g/mol. The van der Waals surface area contributed by atoms with E-state index >= 15 is 0 Å². The Balaban J connectivity index is 2.48. The molecule has 0 aliphatic rings. The Morgan fingerprint density at radius 3 is 2.44 bits per heavy atom. The Morgan fingerprint density at radius 1 is 0.944 bits per heavy atom. The molecule has 0 radical (unpaired) electrons. The molecule has 0 aliphatic heterocycles. The number of ether oxygens (including phenoxy) is 3. The zero-order valence-corrected chi connectivity index (χ0v) is 10.5. The lowest BCUT2D eigenvalue weighted by molar-refractivity contribution is 0.365. The summed E-state index contributed by atoms with van der Waals surface area (Å²) in [5.74, 6) is 1.70. The molecular weight excluding hydrogens is 232 g/mol. The second-order valence-corrected chi connectivity index (χ2v) is 3.49. The van der Waals surface area contributed by atoms with Crippen molar-refractivity contribution in [3.8, 4) is 28.8 Å². The molecule has 18 heavy (non-hydrogen) atoms. The molecule has 0 aromatic carbocycles. The summed E-state index contributed by atoms with van der Waals surface area (Å²) in [7, 11) is 4.74. The predicted octanol–water partition coefficient (Wildman–Crippen LogP) is 2.17. The minimum atomic E-state index is 0.468. The van der Waals surface area contributed by atoms with E-state index in [1.807, 2.05) is 12.1 Å². The molecule has 0 amide bonds. The zero-order chi connectivity index (χ0) is 13.0. The molecule has 5 nitrogen and oxygen atoms in total. The van der Waals surface area contributed by atoms with E-state index in [2.05, 4.69) is 9.97 Å². The van der Waals surface area contributed by atoms with Crippen LogP contribution in [0.25, 0.3) is 11.3 Å². The second-order valence-electron chi connectivity index (χ2n) is 3.49. The van der Waals surface area contributed by atoms with Crippen molar-refractivity contribution in [3.05, 3.63) is 30.5 Å². The van der Waals surface area contributed by atoms with Gasteiger partial charge in [0.25, 0.3) is 0 Å². The van der Waals surface area contributed by atoms with Gasteiger partial charge in [0.2, 0.25) is 11.8 Å². The standard InChI is InChI=1S/C13H14N2O3/c1-16-9-6-7-14-11(8-9)10-4-5-12(17-2)15-13(10)18-3/h4-8H,1-3H3. The Morgan fingerprint density at radius 2 is 1.78 bits per heavy atom. The maximum Gasteiger partial charge on any atom is 0.225 e. The molecule has 0 spiro atoms. The fourth-order valence-corrected chi connectivity index (χ4v) is 1.57. The molecule has 94 valence electrons. The quantitative estimate of drug-likeness (QED) is 0.827. The summed E-state index contributed by atoms with van der Waals surface area (Å²) in [6.07, 6.45) is 1.68. The zero-order valence-electron chi connectivity index (χ0n) is 10.5. The molecule has 2 heterocycles. The first-order valence-corrected chi connectivity index (χ1v) is 5.38. The van der Waals surface area contributed by atoms with Crippen LogP contribution < -0.4 is 14.2 Å². The maximum absolute atomic E-state index is 5.24. The summed E-state index contributed by atoms with van der Waals surface area (Å²) >= 11 is 0. The van der Waals surface area contributed by atoms with Crippen molar-refractivity contribution < 1.29 is 14.2 Å². The molecule has 0 N–H and O–H groups in total. The van der Waals surface area contributed by atoms with E-state index in [0.29, 0.717) is 11.8 Å². The summed E-state index contributed by atoms with van der Waals surface area (Å²) in [5, 5.41) is 0. The van der Waals surface area contributed by atoms with Crippen LogP contribution >= 0.6 is 0 Å². The van der Waals surface area contributed by atoms with Crippen LogP contribution in [0.15, 0.2) is 30.5 Å². The number of aromatic nitrogens is 2. The summed E-state index contributed by atoms with van der Waals surface area (Å²) in [4.78, 5) is 8.50. The van der Waals surface area contributed by atoms with Crippen molar-refractivity contribution in [2.24, 2.45) is 0 Å². The number of pyridine rings is 2. The Kier molecular flexibility index (Phi) is 3.62. The fraction of sp³-hybridized carbons (Fsp3) is 0.231. The molecular formula is C13H14N2O3. The molecule has 0 fully saturated rings. The first-order valence-electron chi connectivity index (χ1n) is 5.38. The van der Waals surface area contributed by atoms with Crippen molar-refractivity contribution in [1.29, 1.82) is 0 Å². The molecule has 2 aromatic heterocycles. The van der Waals surface area contributed by atoms with Gasteiger partial charge in [-0.25, -0.2) is 0 Å². The lowest BCUT2D eigenvalue weighted by Crippen LogP contribution is -1.96. The van der Waals surface area contributed by atoms with Gasteiger partial charge in [-0.3, -0.25) is 4.98 Å². The maximum atomic E-state index is 5.24. The number of nitrogens with zero attached hydrogens (tertiary/aromatic N) is 2. The Bertz CT molecular complexity index is 544. The van der Waals surface area contributed by atoms with Crippen molar-refractivity contribution in [2.45, 2.75) is 0 Å². The average Bonchev–Trinajstić information content (AvgIpc) is 2.46. The first-order chi connectivity index (χ1) is 8.78. The molecule has 2 aromatic rings. The Hall–Kier alpha value is -2.30. The third-order valence-electron chi connectivity index (χ3n) is 2.48. The third kappa shape index (κ3) is 2.34. The fourth-order valence-electron chi connectivity index (χ4n) is 1.57. The molecule has 0 unspecified atom stereocenters. The number of methoxy groups -OCH3 is 3. The Labute approximate surface area is 105 Å². The van der Waals surface area contributed by atoms with Crippen LogP contribution in [0.2, 0.25) is 0 Å². The van der Waals surface area contributed by atoms with Crippen LogP contribution in [0, 0.1) is 0 Å². The summed E-state index contributed by atoms with van der Waals surface area (Å²) < 4.78 is 15.5. The van der Waals surface area contributed by atoms with Gasteiger partial charge in [-0.1, -0.05) is 0 Å². The first kappa shape index (κ1) is 12.2. The highest BCUT2D eigenvalue weighted by atomic mass is 16.5. The highest BCUT2D eigenvalue weighted by Gasteiger charge is 2.10. The van der Waals surface area contributed by atoms with Gasteiger partial charge >= 0.3 is 0 Å². The second kappa shape index (κ2) is 5.35. The van der Waals surface area contributed by atoms with Gasteiger partial charge in [-0.2, -0.15) is 4.98 Å². The van der Waals surface area contributed by atoms with E-state index < -0.39 is 0 Å². The van der Waals surface area contributed by atoms with Crippen LogP contribution in [-0.4, -0.2) is 31.3 Å². The lowest BCUT2D eigenvalue weighted by Gasteiger charge is -2.09. The summed E-state index contributed by atoms with van der Waals surface area (Å²) in [5.41, 5.74) is 1.53. The van der Waals surface area contributed by atoms with Crippen LogP contribution in [0.1, 0.15) is 0 Å². The van der Waals surface area contributed by atoms with Crippen LogP contribution in [-0.2, 0) is 0 Å². The van der Waals surface area contributed by atoms with Crippen LogP contribution in [0.5, 0.6) is 17.5 Å². The van der Waals surface area contributed by atoms with E-state index in [1.54, 1.807) is 39.7 Å². The van der Waals surface area contributed by atoms with Gasteiger partial charge in [0.1, 0.15) is 5.75 Å². The van der Waals surface area contributed by atoms with Crippen molar-refractivity contribution >= 4 is 0 Å². The highest BCUT2D eigenvalue weighted by molar-refractivity contribution is 5.66. The number of hydrogen-bond donors (Lipinski definition) is 0. The van der Waals surface area contributed by atoms with E-state index in [1.165, 1.54) is 0 Å². The van der Waals surface area contributed by atoms with E-state index in [4.69, 9.17) is 14.2 Å².